The van der Waals surface area contributed by atoms with Crippen molar-refractivity contribution in [3.8, 4) is 5.75 Å². The van der Waals surface area contributed by atoms with E-state index in [2.05, 4.69) is 35.8 Å². The van der Waals surface area contributed by atoms with Gasteiger partial charge in [0, 0.05) is 11.0 Å². The summed E-state index contributed by atoms with van der Waals surface area (Å²) < 4.78 is 6.89. The number of benzene rings is 1. The lowest BCUT2D eigenvalue weighted by Crippen LogP contribution is -2.35. The molecule has 0 unspecified atom stereocenters. The van der Waals surface area contributed by atoms with E-state index >= 15 is 0 Å². The molecular formula is C14H17BrN6O. The first-order valence-electron chi connectivity index (χ1n) is 7.04. The van der Waals surface area contributed by atoms with Gasteiger partial charge >= 0.3 is 0 Å². The summed E-state index contributed by atoms with van der Waals surface area (Å²) in [5, 5.41) is 0. The molecule has 0 saturated carbocycles. The maximum Gasteiger partial charge on any atom is 0.232 e. The number of rotatable bonds is 4. The Balaban J connectivity index is 1.69. The average Bonchev–Trinajstić information content (AvgIpc) is 2.94. The van der Waals surface area contributed by atoms with Crippen molar-refractivity contribution in [1.29, 1.82) is 0 Å². The third kappa shape index (κ3) is 3.38. The van der Waals surface area contributed by atoms with E-state index in [9.17, 15) is 0 Å². The van der Waals surface area contributed by atoms with E-state index in [1.807, 2.05) is 24.3 Å². The Kier molecular flexibility index (Phi) is 4.28. The second-order valence-electron chi connectivity index (χ2n) is 5.11. The minimum atomic E-state index is 0.141. The van der Waals surface area contributed by atoms with E-state index in [0.29, 0.717) is 12.6 Å². The third-order valence-corrected chi connectivity index (χ3v) is 4.08. The summed E-state index contributed by atoms with van der Waals surface area (Å²) >= 11 is 3.41. The molecule has 1 saturated heterocycles. The Morgan fingerprint density at radius 3 is 2.50 bits per heavy atom. The highest BCUT2D eigenvalue weighted by molar-refractivity contribution is 9.10. The highest BCUT2D eigenvalue weighted by Crippen LogP contribution is 2.24. The van der Waals surface area contributed by atoms with Crippen molar-refractivity contribution in [2.24, 2.45) is 0 Å². The summed E-state index contributed by atoms with van der Waals surface area (Å²) in [6.45, 7) is 1.42. The summed E-state index contributed by atoms with van der Waals surface area (Å²) in [5.41, 5.74) is 11.3. The summed E-state index contributed by atoms with van der Waals surface area (Å²) in [7, 11) is 0. The fourth-order valence-corrected chi connectivity index (χ4v) is 2.79. The molecule has 0 radical (unpaired) electrons. The third-order valence-electron chi connectivity index (χ3n) is 3.55. The van der Waals surface area contributed by atoms with Crippen LogP contribution in [0.3, 0.4) is 0 Å². The van der Waals surface area contributed by atoms with Crippen LogP contribution in [0.1, 0.15) is 12.8 Å². The Hall–Kier alpha value is -2.09. The summed E-state index contributed by atoms with van der Waals surface area (Å²) in [4.78, 5) is 14.2. The van der Waals surface area contributed by atoms with Gasteiger partial charge in [0.1, 0.15) is 12.4 Å². The number of halogens is 1. The minimum Gasteiger partial charge on any atom is -0.491 e. The molecule has 2 heterocycles. The van der Waals surface area contributed by atoms with Crippen LogP contribution in [0.5, 0.6) is 5.75 Å². The highest BCUT2D eigenvalue weighted by Gasteiger charge is 2.28. The molecule has 7 nitrogen and oxygen atoms in total. The van der Waals surface area contributed by atoms with E-state index in [4.69, 9.17) is 16.2 Å². The van der Waals surface area contributed by atoms with Gasteiger partial charge in [0.2, 0.25) is 17.8 Å². The Labute approximate surface area is 136 Å². The normalized spacial score (nSPS) is 17.7. The molecule has 1 fully saturated rings. The SMILES string of the molecule is Nc1nc(N)nc(N2CCC[C@H]2COc2ccc(Br)cc2)n1. The molecule has 22 heavy (non-hydrogen) atoms. The van der Waals surface area contributed by atoms with Crippen molar-refractivity contribution in [1.82, 2.24) is 15.0 Å². The van der Waals surface area contributed by atoms with Gasteiger partial charge in [-0.2, -0.15) is 15.0 Å². The van der Waals surface area contributed by atoms with Gasteiger partial charge < -0.3 is 21.1 Å². The van der Waals surface area contributed by atoms with E-state index in [1.165, 1.54) is 0 Å². The summed E-state index contributed by atoms with van der Waals surface area (Å²) in [6, 6.07) is 7.97. The number of hydrogen-bond acceptors (Lipinski definition) is 7. The van der Waals surface area contributed by atoms with Crippen molar-refractivity contribution in [2.75, 3.05) is 29.5 Å². The number of nitrogen functional groups attached to an aromatic ring is 2. The van der Waals surface area contributed by atoms with Gasteiger partial charge in [-0.3, -0.25) is 0 Å². The van der Waals surface area contributed by atoms with E-state index in [-0.39, 0.29) is 17.9 Å². The number of hydrogen-bond donors (Lipinski definition) is 2. The fourth-order valence-electron chi connectivity index (χ4n) is 2.52. The second-order valence-corrected chi connectivity index (χ2v) is 6.02. The first-order chi connectivity index (χ1) is 10.6. The lowest BCUT2D eigenvalue weighted by atomic mass is 10.2. The van der Waals surface area contributed by atoms with Gasteiger partial charge in [-0.1, -0.05) is 15.9 Å². The Morgan fingerprint density at radius 2 is 1.82 bits per heavy atom. The molecule has 1 aliphatic heterocycles. The van der Waals surface area contributed by atoms with Crippen LogP contribution in [-0.2, 0) is 0 Å². The quantitative estimate of drug-likeness (QED) is 0.852. The Morgan fingerprint density at radius 1 is 1.14 bits per heavy atom. The molecule has 1 aromatic heterocycles. The molecule has 0 amide bonds. The van der Waals surface area contributed by atoms with Gasteiger partial charge in [0.05, 0.1) is 6.04 Å². The molecule has 0 aliphatic carbocycles. The number of anilines is 3. The molecule has 8 heteroatoms. The molecule has 0 bridgehead atoms. The summed E-state index contributed by atoms with van der Waals surface area (Å²) in [6.07, 6.45) is 2.07. The van der Waals surface area contributed by atoms with E-state index in [1.54, 1.807) is 0 Å². The van der Waals surface area contributed by atoms with Crippen molar-refractivity contribution in [3.05, 3.63) is 28.7 Å². The molecule has 1 aliphatic rings. The monoisotopic (exact) mass is 364 g/mol. The second kappa shape index (κ2) is 6.35. The highest BCUT2D eigenvalue weighted by atomic mass is 79.9. The van der Waals surface area contributed by atoms with Crippen LogP contribution in [0.25, 0.3) is 0 Å². The number of nitrogens with two attached hydrogens (primary N) is 2. The van der Waals surface area contributed by atoms with Crippen LogP contribution in [0.2, 0.25) is 0 Å². The smallest absolute Gasteiger partial charge is 0.232 e. The van der Waals surface area contributed by atoms with Crippen LogP contribution in [0, 0.1) is 0 Å². The van der Waals surface area contributed by atoms with Crippen LogP contribution >= 0.6 is 15.9 Å². The van der Waals surface area contributed by atoms with Crippen molar-refractivity contribution in [3.63, 3.8) is 0 Å². The zero-order valence-electron chi connectivity index (χ0n) is 11.9. The topological polar surface area (TPSA) is 103 Å². The molecule has 116 valence electrons. The van der Waals surface area contributed by atoms with Crippen molar-refractivity contribution >= 4 is 33.8 Å². The first-order valence-corrected chi connectivity index (χ1v) is 7.83. The molecule has 4 N–H and O–H groups in total. The molecular weight excluding hydrogens is 348 g/mol. The number of aromatic nitrogens is 3. The maximum atomic E-state index is 5.86. The lowest BCUT2D eigenvalue weighted by Gasteiger charge is -2.24. The largest absolute Gasteiger partial charge is 0.491 e. The van der Waals surface area contributed by atoms with E-state index in [0.717, 1.165) is 29.6 Å². The lowest BCUT2D eigenvalue weighted by molar-refractivity contribution is 0.288. The summed E-state index contributed by atoms with van der Waals surface area (Å²) in [5.74, 6) is 1.64. The average molecular weight is 365 g/mol. The van der Waals surface area contributed by atoms with Crippen LogP contribution in [-0.4, -0.2) is 34.1 Å². The standard InChI is InChI=1S/C14H17BrN6O/c15-9-3-5-11(6-4-9)22-8-10-2-1-7-21(10)14-19-12(16)18-13(17)20-14/h3-6,10H,1-2,7-8H2,(H4,16,17,18,19,20)/t10-/m0/s1. The number of nitrogens with zero attached hydrogens (tertiary/aromatic N) is 4. The van der Waals surface area contributed by atoms with Gasteiger partial charge in [-0.25, -0.2) is 0 Å². The van der Waals surface area contributed by atoms with Crippen LogP contribution in [0.15, 0.2) is 28.7 Å². The molecule has 1 aromatic carbocycles. The molecule has 1 atom stereocenters. The van der Waals surface area contributed by atoms with E-state index < -0.39 is 0 Å². The molecule has 3 rings (SSSR count). The Bertz CT molecular complexity index is 630. The zero-order chi connectivity index (χ0) is 15.5. The molecule has 2 aromatic rings. The van der Waals surface area contributed by atoms with Gasteiger partial charge in [0.15, 0.2) is 0 Å². The predicted molar refractivity (Wildman–Crippen MR) is 88.7 cm³/mol. The van der Waals surface area contributed by atoms with Gasteiger partial charge in [0.25, 0.3) is 0 Å². The van der Waals surface area contributed by atoms with Crippen LogP contribution in [0.4, 0.5) is 17.8 Å². The minimum absolute atomic E-state index is 0.141. The maximum absolute atomic E-state index is 5.86. The van der Waals surface area contributed by atoms with Crippen molar-refractivity contribution in [2.45, 2.75) is 18.9 Å². The van der Waals surface area contributed by atoms with Crippen LogP contribution < -0.4 is 21.1 Å². The molecule has 0 spiro atoms. The fraction of sp³-hybridized carbons (Fsp3) is 0.357. The van der Waals surface area contributed by atoms with Crippen molar-refractivity contribution < 1.29 is 4.74 Å². The first kappa shape index (κ1) is 14.8. The zero-order valence-corrected chi connectivity index (χ0v) is 13.5. The predicted octanol–water partition coefficient (Wildman–Crippen LogP) is 1.85. The number of ether oxygens (including phenoxy) is 1. The van der Waals surface area contributed by atoms with Gasteiger partial charge in [-0.05, 0) is 37.1 Å². The van der Waals surface area contributed by atoms with Gasteiger partial charge in [-0.15, -0.1) is 0 Å².